The van der Waals surface area contributed by atoms with Crippen molar-refractivity contribution in [2.24, 2.45) is 0 Å². The van der Waals surface area contributed by atoms with Crippen molar-refractivity contribution in [2.75, 3.05) is 0 Å². The van der Waals surface area contributed by atoms with Crippen LogP contribution in [-0.4, -0.2) is 0 Å². The summed E-state index contributed by atoms with van der Waals surface area (Å²) in [7, 11) is 0. The fraction of sp³-hybridized carbons (Fsp3) is 0.0769. The molecule has 0 unspecified atom stereocenters. The SMILES string of the molecule is Fc1cccc(Oc2cc(Br)ccc2CBr)c1F. The van der Waals surface area contributed by atoms with Crippen LogP contribution in [0.1, 0.15) is 5.56 Å². The Kier molecular flexibility index (Phi) is 4.35. The van der Waals surface area contributed by atoms with Crippen molar-refractivity contribution in [3.63, 3.8) is 0 Å². The smallest absolute Gasteiger partial charge is 0.201 e. The fourth-order valence-corrected chi connectivity index (χ4v) is 2.22. The summed E-state index contributed by atoms with van der Waals surface area (Å²) in [5, 5.41) is 0.562. The molecular weight excluding hydrogens is 370 g/mol. The molecule has 0 atom stereocenters. The molecule has 0 spiro atoms. The second kappa shape index (κ2) is 5.80. The van der Waals surface area contributed by atoms with Gasteiger partial charge in [0.05, 0.1) is 0 Å². The zero-order valence-electron chi connectivity index (χ0n) is 9.09. The normalized spacial score (nSPS) is 10.4. The maximum atomic E-state index is 13.5. The van der Waals surface area contributed by atoms with Crippen LogP contribution in [0.2, 0.25) is 0 Å². The van der Waals surface area contributed by atoms with E-state index in [1.807, 2.05) is 12.1 Å². The number of alkyl halides is 1. The van der Waals surface area contributed by atoms with Gasteiger partial charge in [0.15, 0.2) is 11.6 Å². The Balaban J connectivity index is 2.39. The number of benzene rings is 2. The van der Waals surface area contributed by atoms with Gasteiger partial charge in [-0.1, -0.05) is 44.0 Å². The van der Waals surface area contributed by atoms with E-state index in [0.717, 1.165) is 16.1 Å². The third-order valence-corrected chi connectivity index (χ3v) is 3.41. The van der Waals surface area contributed by atoms with Gasteiger partial charge in [0, 0.05) is 15.4 Å². The van der Waals surface area contributed by atoms with Gasteiger partial charge >= 0.3 is 0 Å². The molecule has 2 aromatic rings. The molecule has 0 saturated carbocycles. The molecule has 0 radical (unpaired) electrons. The second-order valence-electron chi connectivity index (χ2n) is 3.54. The zero-order chi connectivity index (χ0) is 13.1. The van der Waals surface area contributed by atoms with Crippen LogP contribution in [0.3, 0.4) is 0 Å². The van der Waals surface area contributed by atoms with Crippen LogP contribution in [0, 0.1) is 11.6 Å². The Morgan fingerprint density at radius 1 is 1.06 bits per heavy atom. The van der Waals surface area contributed by atoms with Crippen molar-refractivity contribution < 1.29 is 13.5 Å². The van der Waals surface area contributed by atoms with E-state index in [1.165, 1.54) is 12.1 Å². The number of rotatable bonds is 3. The molecule has 18 heavy (non-hydrogen) atoms. The van der Waals surface area contributed by atoms with E-state index in [1.54, 1.807) is 6.07 Å². The number of hydrogen-bond donors (Lipinski definition) is 0. The minimum atomic E-state index is -0.988. The lowest BCUT2D eigenvalue weighted by atomic mass is 10.2. The minimum Gasteiger partial charge on any atom is -0.454 e. The summed E-state index contributed by atoms with van der Waals surface area (Å²) in [5.74, 6) is -1.57. The maximum absolute atomic E-state index is 13.5. The fourth-order valence-electron chi connectivity index (χ4n) is 1.42. The molecule has 0 heterocycles. The largest absolute Gasteiger partial charge is 0.454 e. The molecular formula is C13H8Br2F2O. The lowest BCUT2D eigenvalue weighted by Crippen LogP contribution is -1.94. The lowest BCUT2D eigenvalue weighted by molar-refractivity contribution is 0.414. The molecule has 0 aliphatic heterocycles. The highest BCUT2D eigenvalue weighted by Gasteiger charge is 2.12. The first-order valence-corrected chi connectivity index (χ1v) is 6.99. The highest BCUT2D eigenvalue weighted by atomic mass is 79.9. The highest BCUT2D eigenvalue weighted by Crippen LogP contribution is 2.31. The van der Waals surface area contributed by atoms with Gasteiger partial charge in [-0.3, -0.25) is 0 Å². The van der Waals surface area contributed by atoms with Gasteiger partial charge < -0.3 is 4.74 Å². The first kappa shape index (κ1) is 13.5. The maximum Gasteiger partial charge on any atom is 0.201 e. The topological polar surface area (TPSA) is 9.23 Å². The van der Waals surface area contributed by atoms with Gasteiger partial charge in [-0.15, -0.1) is 0 Å². The van der Waals surface area contributed by atoms with Gasteiger partial charge in [0.2, 0.25) is 5.82 Å². The summed E-state index contributed by atoms with van der Waals surface area (Å²) in [5.41, 5.74) is 0.849. The predicted molar refractivity (Wildman–Crippen MR) is 73.2 cm³/mol. The third kappa shape index (κ3) is 2.90. The van der Waals surface area contributed by atoms with Crippen molar-refractivity contribution >= 4 is 31.9 Å². The van der Waals surface area contributed by atoms with Crippen LogP contribution in [0.4, 0.5) is 8.78 Å². The molecule has 0 aromatic heterocycles. The summed E-state index contributed by atoms with van der Waals surface area (Å²) in [6, 6.07) is 9.24. The molecule has 0 aliphatic carbocycles. The highest BCUT2D eigenvalue weighted by molar-refractivity contribution is 9.10. The van der Waals surface area contributed by atoms with Crippen molar-refractivity contribution in [1.29, 1.82) is 0 Å². The third-order valence-electron chi connectivity index (χ3n) is 2.31. The average Bonchev–Trinajstić information content (AvgIpc) is 2.35. The summed E-state index contributed by atoms with van der Waals surface area (Å²) in [4.78, 5) is 0. The second-order valence-corrected chi connectivity index (χ2v) is 5.02. The molecule has 94 valence electrons. The van der Waals surface area contributed by atoms with E-state index < -0.39 is 11.6 Å². The van der Waals surface area contributed by atoms with Crippen LogP contribution >= 0.6 is 31.9 Å². The van der Waals surface area contributed by atoms with Crippen molar-refractivity contribution in [2.45, 2.75) is 5.33 Å². The molecule has 0 bridgehead atoms. The molecule has 5 heteroatoms. The molecule has 2 rings (SSSR count). The van der Waals surface area contributed by atoms with E-state index in [-0.39, 0.29) is 5.75 Å². The van der Waals surface area contributed by atoms with E-state index in [9.17, 15) is 8.78 Å². The van der Waals surface area contributed by atoms with Crippen LogP contribution < -0.4 is 4.74 Å². The van der Waals surface area contributed by atoms with Gasteiger partial charge in [0.1, 0.15) is 5.75 Å². The van der Waals surface area contributed by atoms with E-state index in [0.29, 0.717) is 11.1 Å². The van der Waals surface area contributed by atoms with Gasteiger partial charge in [-0.2, -0.15) is 4.39 Å². The monoisotopic (exact) mass is 376 g/mol. The Morgan fingerprint density at radius 2 is 1.83 bits per heavy atom. The first-order valence-electron chi connectivity index (χ1n) is 5.08. The number of hydrogen-bond acceptors (Lipinski definition) is 1. The Hall–Kier alpha value is -0.940. The van der Waals surface area contributed by atoms with Crippen LogP contribution in [0.15, 0.2) is 40.9 Å². The van der Waals surface area contributed by atoms with E-state index in [4.69, 9.17) is 4.74 Å². The van der Waals surface area contributed by atoms with Crippen LogP contribution in [0.5, 0.6) is 11.5 Å². The zero-order valence-corrected chi connectivity index (χ0v) is 12.3. The molecule has 1 nitrogen and oxygen atoms in total. The summed E-state index contributed by atoms with van der Waals surface area (Å²) in [6.07, 6.45) is 0. The predicted octanol–water partition coefficient (Wildman–Crippen LogP) is 5.41. The van der Waals surface area contributed by atoms with Gasteiger partial charge in [0.25, 0.3) is 0 Å². The van der Waals surface area contributed by atoms with E-state index in [2.05, 4.69) is 31.9 Å². The minimum absolute atomic E-state index is 0.129. The Morgan fingerprint density at radius 3 is 2.56 bits per heavy atom. The summed E-state index contributed by atoms with van der Waals surface area (Å²) >= 11 is 6.62. The average molecular weight is 378 g/mol. The standard InChI is InChI=1S/C13H8Br2F2O/c14-7-8-4-5-9(15)6-12(8)18-11-3-1-2-10(16)13(11)17/h1-6H,7H2. The van der Waals surface area contributed by atoms with E-state index >= 15 is 0 Å². The summed E-state index contributed by atoms with van der Waals surface area (Å²) < 4.78 is 32.8. The van der Waals surface area contributed by atoms with Crippen molar-refractivity contribution in [3.8, 4) is 11.5 Å². The van der Waals surface area contributed by atoms with Crippen molar-refractivity contribution in [3.05, 3.63) is 58.1 Å². The molecule has 0 N–H and O–H groups in total. The molecule has 0 fully saturated rings. The molecule has 0 aliphatic rings. The van der Waals surface area contributed by atoms with Gasteiger partial charge in [-0.25, -0.2) is 4.39 Å². The summed E-state index contributed by atoms with van der Waals surface area (Å²) in [6.45, 7) is 0. The quantitative estimate of drug-likeness (QED) is 0.649. The Bertz CT molecular complexity index is 573. The Labute approximate surface area is 120 Å². The number of ether oxygens (including phenoxy) is 1. The molecule has 2 aromatic carbocycles. The number of halogens is 4. The van der Waals surface area contributed by atoms with Crippen LogP contribution in [0.25, 0.3) is 0 Å². The van der Waals surface area contributed by atoms with Crippen molar-refractivity contribution in [1.82, 2.24) is 0 Å². The first-order chi connectivity index (χ1) is 8.61. The molecule has 0 saturated heterocycles. The molecule has 0 amide bonds. The van der Waals surface area contributed by atoms with Crippen LogP contribution in [-0.2, 0) is 5.33 Å². The lowest BCUT2D eigenvalue weighted by Gasteiger charge is -2.11. The van der Waals surface area contributed by atoms with Gasteiger partial charge in [-0.05, 0) is 24.3 Å².